The SMILES string of the molecule is O=C(O)CCCCCCNc1ccc([N+](=O)[O-])cc1Br. The van der Waals surface area contributed by atoms with Gasteiger partial charge in [-0.05, 0) is 34.8 Å². The molecule has 0 amide bonds. The number of nitro benzene ring substituents is 1. The van der Waals surface area contributed by atoms with Crippen LogP contribution in [0.25, 0.3) is 0 Å². The van der Waals surface area contributed by atoms with Gasteiger partial charge in [-0.3, -0.25) is 14.9 Å². The van der Waals surface area contributed by atoms with Gasteiger partial charge in [-0.2, -0.15) is 0 Å². The third-order valence-corrected chi connectivity index (χ3v) is 3.45. The average Bonchev–Trinajstić information content (AvgIpc) is 2.38. The van der Waals surface area contributed by atoms with Crippen molar-refractivity contribution in [3.63, 3.8) is 0 Å². The third kappa shape index (κ3) is 6.01. The van der Waals surface area contributed by atoms with Crippen LogP contribution in [0.5, 0.6) is 0 Å². The number of unbranched alkanes of at least 4 members (excludes halogenated alkanes) is 3. The van der Waals surface area contributed by atoms with E-state index in [-0.39, 0.29) is 12.1 Å². The van der Waals surface area contributed by atoms with Crippen molar-refractivity contribution in [1.82, 2.24) is 0 Å². The molecule has 6 nitrogen and oxygen atoms in total. The quantitative estimate of drug-likeness (QED) is 0.403. The standard InChI is InChI=1S/C13H17BrN2O4/c14-11-9-10(16(19)20)6-7-12(11)15-8-4-2-1-3-5-13(17)18/h6-7,9,15H,1-5,8H2,(H,17,18). The van der Waals surface area contributed by atoms with Gasteiger partial charge in [0.15, 0.2) is 0 Å². The number of halogens is 1. The second-order valence-corrected chi connectivity index (χ2v) is 5.26. The molecule has 0 aromatic heterocycles. The first-order chi connectivity index (χ1) is 9.50. The molecule has 0 aliphatic carbocycles. The Labute approximate surface area is 125 Å². The molecule has 0 bridgehead atoms. The summed E-state index contributed by atoms with van der Waals surface area (Å²) in [5, 5.41) is 22.3. The Balaban J connectivity index is 2.25. The Bertz CT molecular complexity index is 479. The Morgan fingerprint density at radius 3 is 2.60 bits per heavy atom. The molecule has 0 saturated heterocycles. The number of nitrogens with zero attached hydrogens (tertiary/aromatic N) is 1. The number of carboxylic acid groups (broad SMARTS) is 1. The van der Waals surface area contributed by atoms with Gasteiger partial charge < -0.3 is 10.4 Å². The fourth-order valence-corrected chi connectivity index (χ4v) is 2.25. The number of benzene rings is 1. The number of hydrogen-bond acceptors (Lipinski definition) is 4. The highest BCUT2D eigenvalue weighted by molar-refractivity contribution is 9.10. The summed E-state index contributed by atoms with van der Waals surface area (Å²) >= 11 is 3.29. The van der Waals surface area contributed by atoms with Crippen molar-refractivity contribution in [2.45, 2.75) is 32.1 Å². The molecule has 110 valence electrons. The summed E-state index contributed by atoms with van der Waals surface area (Å²) in [6, 6.07) is 4.60. The van der Waals surface area contributed by atoms with Crippen LogP contribution in [0.2, 0.25) is 0 Å². The molecule has 0 heterocycles. The van der Waals surface area contributed by atoms with Crippen molar-refractivity contribution < 1.29 is 14.8 Å². The molecule has 0 aliphatic rings. The fourth-order valence-electron chi connectivity index (χ4n) is 1.74. The van der Waals surface area contributed by atoms with Gasteiger partial charge >= 0.3 is 5.97 Å². The van der Waals surface area contributed by atoms with Crippen LogP contribution in [-0.4, -0.2) is 22.5 Å². The summed E-state index contributed by atoms with van der Waals surface area (Å²) in [6.45, 7) is 0.753. The Hall–Kier alpha value is -1.63. The van der Waals surface area contributed by atoms with Crippen LogP contribution in [0.1, 0.15) is 32.1 Å². The smallest absolute Gasteiger partial charge is 0.303 e. The number of rotatable bonds is 9. The van der Waals surface area contributed by atoms with E-state index in [1.54, 1.807) is 6.07 Å². The molecule has 0 unspecified atom stereocenters. The molecule has 0 fully saturated rings. The van der Waals surface area contributed by atoms with Crippen molar-refractivity contribution in [3.05, 3.63) is 32.8 Å². The van der Waals surface area contributed by atoms with E-state index in [9.17, 15) is 14.9 Å². The normalized spacial score (nSPS) is 10.2. The predicted molar refractivity (Wildman–Crippen MR) is 80.0 cm³/mol. The maximum atomic E-state index is 10.6. The molecular formula is C13H17BrN2O4. The molecule has 0 atom stereocenters. The molecule has 0 saturated carbocycles. The number of anilines is 1. The zero-order valence-electron chi connectivity index (χ0n) is 11.0. The molecule has 7 heteroatoms. The van der Waals surface area contributed by atoms with Crippen molar-refractivity contribution in [3.8, 4) is 0 Å². The van der Waals surface area contributed by atoms with Crippen molar-refractivity contribution in [2.24, 2.45) is 0 Å². The third-order valence-electron chi connectivity index (χ3n) is 2.80. The largest absolute Gasteiger partial charge is 0.481 e. The van der Waals surface area contributed by atoms with E-state index in [0.29, 0.717) is 10.9 Å². The number of nitro groups is 1. The summed E-state index contributed by atoms with van der Waals surface area (Å²) < 4.78 is 0.664. The van der Waals surface area contributed by atoms with Crippen LogP contribution in [0.4, 0.5) is 11.4 Å². The molecule has 1 rings (SSSR count). The molecule has 2 N–H and O–H groups in total. The van der Waals surface area contributed by atoms with E-state index in [1.165, 1.54) is 12.1 Å². The molecule has 0 radical (unpaired) electrons. The van der Waals surface area contributed by atoms with Crippen LogP contribution in [0, 0.1) is 10.1 Å². The molecule has 0 aliphatic heterocycles. The lowest BCUT2D eigenvalue weighted by atomic mass is 10.1. The van der Waals surface area contributed by atoms with E-state index in [2.05, 4.69) is 21.2 Å². The highest BCUT2D eigenvalue weighted by atomic mass is 79.9. The van der Waals surface area contributed by atoms with Crippen molar-refractivity contribution in [2.75, 3.05) is 11.9 Å². The minimum Gasteiger partial charge on any atom is -0.481 e. The minimum atomic E-state index is -0.752. The van der Waals surface area contributed by atoms with Gasteiger partial charge in [0.1, 0.15) is 0 Å². The number of aliphatic carboxylic acids is 1. The van der Waals surface area contributed by atoms with Crippen LogP contribution >= 0.6 is 15.9 Å². The van der Waals surface area contributed by atoms with Crippen LogP contribution in [0.3, 0.4) is 0 Å². The lowest BCUT2D eigenvalue weighted by Gasteiger charge is -2.08. The fraction of sp³-hybridized carbons (Fsp3) is 0.462. The summed E-state index contributed by atoms with van der Waals surface area (Å²) in [5.74, 6) is -0.752. The Morgan fingerprint density at radius 2 is 2.00 bits per heavy atom. The summed E-state index contributed by atoms with van der Waals surface area (Å²) in [5.41, 5.74) is 0.872. The van der Waals surface area contributed by atoms with E-state index in [1.807, 2.05) is 0 Å². The van der Waals surface area contributed by atoms with E-state index < -0.39 is 10.9 Å². The molecule has 0 spiro atoms. The van der Waals surface area contributed by atoms with E-state index >= 15 is 0 Å². The first kappa shape index (κ1) is 16.4. The Kier molecular flexibility index (Phi) is 7.00. The van der Waals surface area contributed by atoms with Gasteiger partial charge in [0.25, 0.3) is 5.69 Å². The molecule has 20 heavy (non-hydrogen) atoms. The predicted octanol–water partition coefficient (Wildman–Crippen LogP) is 3.80. The van der Waals surface area contributed by atoms with Gasteiger partial charge in [0.2, 0.25) is 0 Å². The summed E-state index contributed by atoms with van der Waals surface area (Å²) in [6.07, 6.45) is 3.72. The molecule has 1 aromatic carbocycles. The number of carboxylic acids is 1. The molecular weight excluding hydrogens is 328 g/mol. The van der Waals surface area contributed by atoms with Crippen LogP contribution in [0.15, 0.2) is 22.7 Å². The number of nitrogens with one attached hydrogen (secondary N) is 1. The van der Waals surface area contributed by atoms with Crippen molar-refractivity contribution in [1.29, 1.82) is 0 Å². The number of hydrogen-bond donors (Lipinski definition) is 2. The first-order valence-electron chi connectivity index (χ1n) is 6.40. The summed E-state index contributed by atoms with van der Waals surface area (Å²) in [7, 11) is 0. The first-order valence-corrected chi connectivity index (χ1v) is 7.19. The van der Waals surface area contributed by atoms with Crippen molar-refractivity contribution >= 4 is 33.3 Å². The van der Waals surface area contributed by atoms with Gasteiger partial charge in [-0.1, -0.05) is 12.8 Å². The van der Waals surface area contributed by atoms with Crippen LogP contribution in [-0.2, 0) is 4.79 Å². The van der Waals surface area contributed by atoms with E-state index in [4.69, 9.17) is 5.11 Å². The zero-order chi connectivity index (χ0) is 15.0. The minimum absolute atomic E-state index is 0.0519. The lowest BCUT2D eigenvalue weighted by Crippen LogP contribution is -2.02. The Morgan fingerprint density at radius 1 is 1.30 bits per heavy atom. The van der Waals surface area contributed by atoms with Crippen LogP contribution < -0.4 is 5.32 Å². The van der Waals surface area contributed by atoms with Gasteiger partial charge in [-0.25, -0.2) is 0 Å². The maximum Gasteiger partial charge on any atom is 0.303 e. The summed E-state index contributed by atoms with van der Waals surface area (Å²) in [4.78, 5) is 20.5. The number of non-ortho nitro benzene ring substituents is 1. The zero-order valence-corrected chi connectivity index (χ0v) is 12.6. The average molecular weight is 345 g/mol. The lowest BCUT2D eigenvalue weighted by molar-refractivity contribution is -0.384. The van der Waals surface area contributed by atoms with E-state index in [0.717, 1.165) is 31.5 Å². The second kappa shape index (κ2) is 8.52. The highest BCUT2D eigenvalue weighted by Crippen LogP contribution is 2.27. The number of carbonyl (C=O) groups is 1. The molecule has 1 aromatic rings. The monoisotopic (exact) mass is 344 g/mol. The highest BCUT2D eigenvalue weighted by Gasteiger charge is 2.08. The topological polar surface area (TPSA) is 92.5 Å². The van der Waals surface area contributed by atoms with Gasteiger partial charge in [0, 0.05) is 35.3 Å². The van der Waals surface area contributed by atoms with Gasteiger partial charge in [-0.15, -0.1) is 0 Å². The maximum absolute atomic E-state index is 10.6. The second-order valence-electron chi connectivity index (χ2n) is 4.41. The van der Waals surface area contributed by atoms with Gasteiger partial charge in [0.05, 0.1) is 4.92 Å².